The molecular formula is C25H28O4. The van der Waals surface area contributed by atoms with Crippen molar-refractivity contribution in [2.45, 2.75) is 32.5 Å². The fourth-order valence-corrected chi connectivity index (χ4v) is 3.08. The van der Waals surface area contributed by atoms with E-state index in [1.54, 1.807) is 7.11 Å². The maximum absolute atomic E-state index is 9.06. The fourth-order valence-electron chi connectivity index (χ4n) is 3.08. The number of hydrogen-bond donors (Lipinski definition) is 1. The van der Waals surface area contributed by atoms with Gasteiger partial charge in [-0.05, 0) is 48.1 Å². The number of aliphatic hydroxyl groups is 1. The third kappa shape index (κ3) is 6.26. The summed E-state index contributed by atoms with van der Waals surface area (Å²) in [5, 5.41) is 9.06. The van der Waals surface area contributed by atoms with Crippen LogP contribution in [-0.2, 0) is 19.6 Å². The van der Waals surface area contributed by atoms with Crippen molar-refractivity contribution in [3.05, 3.63) is 89.5 Å². The lowest BCUT2D eigenvalue weighted by Crippen LogP contribution is -2.03. The summed E-state index contributed by atoms with van der Waals surface area (Å²) < 4.78 is 17.9. The van der Waals surface area contributed by atoms with Gasteiger partial charge in [-0.3, -0.25) is 0 Å². The molecule has 4 heteroatoms. The molecule has 1 N–H and O–H groups in total. The Morgan fingerprint density at radius 2 is 1.28 bits per heavy atom. The molecule has 29 heavy (non-hydrogen) atoms. The maximum atomic E-state index is 9.06. The number of benzene rings is 3. The van der Waals surface area contributed by atoms with Gasteiger partial charge >= 0.3 is 0 Å². The number of ether oxygens (including phenoxy) is 3. The lowest BCUT2D eigenvalue weighted by molar-refractivity contribution is 0.243. The van der Waals surface area contributed by atoms with Gasteiger partial charge in [-0.25, -0.2) is 0 Å². The van der Waals surface area contributed by atoms with Crippen LogP contribution in [0.25, 0.3) is 0 Å². The molecule has 0 heterocycles. The Hall–Kier alpha value is -2.98. The average Bonchev–Trinajstić information content (AvgIpc) is 2.78. The Bertz CT molecular complexity index is 863. The van der Waals surface area contributed by atoms with Gasteiger partial charge in [-0.1, -0.05) is 60.7 Å². The summed E-state index contributed by atoms with van der Waals surface area (Å²) in [4.78, 5) is 0. The number of unbranched alkanes of at least 4 members (excludes halogenated alkanes) is 1. The third-order valence-corrected chi connectivity index (χ3v) is 4.64. The van der Waals surface area contributed by atoms with Crippen LogP contribution in [0.4, 0.5) is 0 Å². The highest BCUT2D eigenvalue weighted by Crippen LogP contribution is 2.40. The Morgan fingerprint density at radius 3 is 1.86 bits per heavy atom. The molecule has 3 aromatic carbocycles. The summed E-state index contributed by atoms with van der Waals surface area (Å²) in [7, 11) is 1.64. The van der Waals surface area contributed by atoms with Crippen LogP contribution in [0, 0.1) is 0 Å². The highest BCUT2D eigenvalue weighted by Gasteiger charge is 2.15. The molecule has 0 atom stereocenters. The van der Waals surface area contributed by atoms with Gasteiger partial charge < -0.3 is 19.3 Å². The fraction of sp³-hybridized carbons (Fsp3) is 0.280. The monoisotopic (exact) mass is 392 g/mol. The highest BCUT2D eigenvalue weighted by atomic mass is 16.5. The van der Waals surface area contributed by atoms with Gasteiger partial charge in [-0.2, -0.15) is 0 Å². The quantitative estimate of drug-likeness (QED) is 0.458. The van der Waals surface area contributed by atoms with Crippen LogP contribution in [0.5, 0.6) is 17.2 Å². The van der Waals surface area contributed by atoms with E-state index >= 15 is 0 Å². The molecule has 0 bridgehead atoms. The van der Waals surface area contributed by atoms with Gasteiger partial charge in [0.25, 0.3) is 0 Å². The zero-order valence-corrected chi connectivity index (χ0v) is 16.8. The van der Waals surface area contributed by atoms with Crippen LogP contribution in [0.2, 0.25) is 0 Å². The van der Waals surface area contributed by atoms with E-state index in [4.69, 9.17) is 19.3 Å². The van der Waals surface area contributed by atoms with Crippen molar-refractivity contribution >= 4 is 0 Å². The second kappa shape index (κ2) is 11.1. The zero-order chi connectivity index (χ0) is 20.3. The van der Waals surface area contributed by atoms with E-state index in [2.05, 4.69) is 0 Å². The van der Waals surface area contributed by atoms with Crippen LogP contribution >= 0.6 is 0 Å². The molecule has 0 saturated carbocycles. The first-order valence-electron chi connectivity index (χ1n) is 9.95. The first-order chi connectivity index (χ1) is 14.3. The van der Waals surface area contributed by atoms with Gasteiger partial charge in [0, 0.05) is 6.61 Å². The maximum Gasteiger partial charge on any atom is 0.203 e. The standard InChI is InChI=1S/C25H28O4/c1-27-23-16-22(14-8-9-15-26)17-24(28-18-20-10-4-2-5-11-20)25(23)29-19-21-12-6-3-7-13-21/h2-7,10-13,16-17,26H,8-9,14-15,18-19H2,1H3. The normalized spacial score (nSPS) is 10.6. The molecule has 0 aliphatic carbocycles. The van der Waals surface area contributed by atoms with E-state index in [1.807, 2.05) is 72.8 Å². The predicted molar refractivity (Wildman–Crippen MR) is 115 cm³/mol. The van der Waals surface area contributed by atoms with Gasteiger partial charge in [0.1, 0.15) is 13.2 Å². The van der Waals surface area contributed by atoms with Crippen molar-refractivity contribution in [2.75, 3.05) is 13.7 Å². The minimum absolute atomic E-state index is 0.201. The molecule has 0 fully saturated rings. The van der Waals surface area contributed by atoms with Crippen molar-refractivity contribution in [3.8, 4) is 17.2 Å². The number of aryl methyl sites for hydroxylation is 1. The van der Waals surface area contributed by atoms with Gasteiger partial charge in [0.05, 0.1) is 7.11 Å². The first-order valence-corrected chi connectivity index (χ1v) is 9.95. The minimum atomic E-state index is 0.201. The lowest BCUT2D eigenvalue weighted by Gasteiger charge is -2.18. The molecule has 3 aromatic rings. The second-order valence-corrected chi connectivity index (χ2v) is 6.85. The topological polar surface area (TPSA) is 47.9 Å². The predicted octanol–water partition coefficient (Wildman–Crippen LogP) is 5.17. The van der Waals surface area contributed by atoms with Crippen LogP contribution in [0.1, 0.15) is 29.5 Å². The van der Waals surface area contributed by atoms with E-state index in [9.17, 15) is 0 Å². The average molecular weight is 392 g/mol. The largest absolute Gasteiger partial charge is 0.493 e. The molecule has 4 nitrogen and oxygen atoms in total. The zero-order valence-electron chi connectivity index (χ0n) is 16.8. The van der Waals surface area contributed by atoms with Crippen LogP contribution in [0.15, 0.2) is 72.8 Å². The molecule has 152 valence electrons. The molecule has 0 aliphatic rings. The molecule has 0 spiro atoms. The summed E-state index contributed by atoms with van der Waals surface area (Å²) in [6, 6.07) is 24.1. The molecule has 0 amide bonds. The Morgan fingerprint density at radius 1 is 0.690 bits per heavy atom. The van der Waals surface area contributed by atoms with E-state index in [0.717, 1.165) is 36.0 Å². The minimum Gasteiger partial charge on any atom is -0.493 e. The van der Waals surface area contributed by atoms with Crippen LogP contribution in [0.3, 0.4) is 0 Å². The second-order valence-electron chi connectivity index (χ2n) is 6.85. The number of rotatable bonds is 11. The van der Waals surface area contributed by atoms with E-state index in [0.29, 0.717) is 30.5 Å². The molecule has 0 unspecified atom stereocenters. The third-order valence-electron chi connectivity index (χ3n) is 4.64. The van der Waals surface area contributed by atoms with Gasteiger partial charge in [0.2, 0.25) is 5.75 Å². The summed E-state index contributed by atoms with van der Waals surface area (Å²) in [6.07, 6.45) is 2.52. The van der Waals surface area contributed by atoms with Crippen molar-refractivity contribution in [3.63, 3.8) is 0 Å². The van der Waals surface area contributed by atoms with Crippen molar-refractivity contribution in [1.29, 1.82) is 0 Å². The number of aliphatic hydroxyl groups excluding tert-OH is 1. The molecule has 0 aromatic heterocycles. The Kier molecular flexibility index (Phi) is 7.96. The molecule has 3 rings (SSSR count). The first kappa shape index (κ1) is 20.7. The highest BCUT2D eigenvalue weighted by molar-refractivity contribution is 5.54. The summed E-state index contributed by atoms with van der Waals surface area (Å²) >= 11 is 0. The van der Waals surface area contributed by atoms with Crippen molar-refractivity contribution < 1.29 is 19.3 Å². The summed E-state index contributed by atoms with van der Waals surface area (Å²) in [5.41, 5.74) is 3.27. The molecule has 0 saturated heterocycles. The molecular weight excluding hydrogens is 364 g/mol. The summed E-state index contributed by atoms with van der Waals surface area (Å²) in [5.74, 6) is 1.94. The Labute approximate surface area is 172 Å². The van der Waals surface area contributed by atoms with Gasteiger partial charge in [0.15, 0.2) is 11.5 Å². The summed E-state index contributed by atoms with van der Waals surface area (Å²) in [6.45, 7) is 1.08. The van der Waals surface area contributed by atoms with Crippen LogP contribution < -0.4 is 14.2 Å². The van der Waals surface area contributed by atoms with E-state index < -0.39 is 0 Å². The van der Waals surface area contributed by atoms with E-state index in [-0.39, 0.29) is 6.61 Å². The smallest absolute Gasteiger partial charge is 0.203 e. The van der Waals surface area contributed by atoms with Crippen molar-refractivity contribution in [2.24, 2.45) is 0 Å². The van der Waals surface area contributed by atoms with Crippen molar-refractivity contribution in [1.82, 2.24) is 0 Å². The van der Waals surface area contributed by atoms with Crippen LogP contribution in [-0.4, -0.2) is 18.8 Å². The molecule has 0 aliphatic heterocycles. The SMILES string of the molecule is COc1cc(CCCCO)cc(OCc2ccccc2)c1OCc1ccccc1. The number of hydrogen-bond acceptors (Lipinski definition) is 4. The van der Waals surface area contributed by atoms with Gasteiger partial charge in [-0.15, -0.1) is 0 Å². The number of methoxy groups -OCH3 is 1. The Balaban J connectivity index is 1.83. The lowest BCUT2D eigenvalue weighted by atomic mass is 10.1. The molecule has 0 radical (unpaired) electrons. The van der Waals surface area contributed by atoms with E-state index in [1.165, 1.54) is 0 Å².